The van der Waals surface area contributed by atoms with Gasteiger partial charge in [0.25, 0.3) is 0 Å². The molecule has 0 aliphatic carbocycles. The second-order valence-electron chi connectivity index (χ2n) is 3.60. The monoisotopic (exact) mass is 330 g/mol. The maximum Gasteiger partial charge on any atom is 0.165 e. The Balaban J connectivity index is 2.11. The summed E-state index contributed by atoms with van der Waals surface area (Å²) >= 11 is 9.02. The SMILES string of the molecule is Oc1c(F)cccc1CNc1cnc(Cl)c(Br)c1. The van der Waals surface area contributed by atoms with Crippen molar-refractivity contribution in [3.63, 3.8) is 0 Å². The van der Waals surface area contributed by atoms with Crippen molar-refractivity contribution in [3.8, 4) is 5.75 Å². The van der Waals surface area contributed by atoms with Crippen molar-refractivity contribution in [1.82, 2.24) is 4.98 Å². The van der Waals surface area contributed by atoms with Gasteiger partial charge < -0.3 is 10.4 Å². The number of hydrogen-bond donors (Lipinski definition) is 2. The molecule has 1 aromatic carbocycles. The number of phenols is 1. The van der Waals surface area contributed by atoms with Crippen LogP contribution in [0.1, 0.15) is 5.56 Å². The van der Waals surface area contributed by atoms with Gasteiger partial charge >= 0.3 is 0 Å². The maximum absolute atomic E-state index is 13.1. The maximum atomic E-state index is 13.1. The number of aromatic hydroxyl groups is 1. The van der Waals surface area contributed by atoms with Gasteiger partial charge in [-0.3, -0.25) is 0 Å². The Morgan fingerprint density at radius 1 is 1.44 bits per heavy atom. The van der Waals surface area contributed by atoms with Gasteiger partial charge in [0.05, 0.1) is 16.4 Å². The Hall–Kier alpha value is -1.33. The molecule has 2 N–H and O–H groups in total. The normalized spacial score (nSPS) is 10.4. The summed E-state index contributed by atoms with van der Waals surface area (Å²) in [7, 11) is 0. The fraction of sp³-hybridized carbons (Fsp3) is 0.0833. The molecule has 1 aromatic heterocycles. The summed E-state index contributed by atoms with van der Waals surface area (Å²) in [5, 5.41) is 12.9. The third-order valence-electron chi connectivity index (χ3n) is 2.35. The van der Waals surface area contributed by atoms with Crippen LogP contribution >= 0.6 is 27.5 Å². The van der Waals surface area contributed by atoms with E-state index in [2.05, 4.69) is 26.2 Å². The minimum atomic E-state index is -0.635. The Bertz CT molecular complexity index is 580. The van der Waals surface area contributed by atoms with Gasteiger partial charge in [-0.1, -0.05) is 23.7 Å². The number of halogens is 3. The fourth-order valence-corrected chi connectivity index (χ4v) is 1.87. The van der Waals surface area contributed by atoms with E-state index in [1.807, 2.05) is 0 Å². The van der Waals surface area contributed by atoms with Crippen LogP contribution in [-0.2, 0) is 6.54 Å². The van der Waals surface area contributed by atoms with Gasteiger partial charge in [-0.25, -0.2) is 9.37 Å². The molecule has 6 heteroatoms. The highest BCUT2D eigenvalue weighted by Gasteiger charge is 2.06. The first-order valence-corrected chi connectivity index (χ1v) is 6.26. The van der Waals surface area contributed by atoms with Crippen molar-refractivity contribution in [1.29, 1.82) is 0 Å². The highest BCUT2D eigenvalue weighted by Crippen LogP contribution is 2.25. The van der Waals surface area contributed by atoms with Crippen molar-refractivity contribution in [2.75, 3.05) is 5.32 Å². The third kappa shape index (κ3) is 2.91. The number of hydrogen-bond acceptors (Lipinski definition) is 3. The summed E-state index contributed by atoms with van der Waals surface area (Å²) in [6, 6.07) is 6.15. The van der Waals surface area contributed by atoms with Crippen LogP contribution in [0, 0.1) is 5.82 Å². The molecule has 0 spiro atoms. The molecular weight excluding hydrogens is 322 g/mol. The van der Waals surface area contributed by atoms with Crippen molar-refractivity contribution < 1.29 is 9.50 Å². The molecule has 0 aliphatic rings. The standard InChI is InChI=1S/C12H9BrClFN2O/c13-9-4-8(6-17-12(9)14)16-5-7-2-1-3-10(15)11(7)18/h1-4,6,16,18H,5H2. The lowest BCUT2D eigenvalue weighted by Crippen LogP contribution is -2.01. The number of anilines is 1. The molecule has 0 radical (unpaired) electrons. The largest absolute Gasteiger partial charge is 0.505 e. The minimum absolute atomic E-state index is 0.291. The first-order valence-electron chi connectivity index (χ1n) is 5.09. The Labute approximate surface area is 117 Å². The number of aromatic nitrogens is 1. The quantitative estimate of drug-likeness (QED) is 0.837. The molecule has 2 rings (SSSR count). The van der Waals surface area contributed by atoms with Gasteiger partial charge in [0.1, 0.15) is 5.15 Å². The zero-order valence-electron chi connectivity index (χ0n) is 9.12. The summed E-state index contributed by atoms with van der Waals surface area (Å²) in [6.07, 6.45) is 1.56. The van der Waals surface area contributed by atoms with E-state index in [4.69, 9.17) is 11.6 Å². The van der Waals surface area contributed by atoms with Gasteiger partial charge in [0, 0.05) is 12.1 Å². The number of para-hydroxylation sites is 1. The first-order chi connectivity index (χ1) is 8.58. The van der Waals surface area contributed by atoms with Crippen molar-refractivity contribution >= 4 is 33.2 Å². The lowest BCUT2D eigenvalue weighted by molar-refractivity contribution is 0.427. The van der Waals surface area contributed by atoms with Crippen LogP contribution in [0.4, 0.5) is 10.1 Å². The topological polar surface area (TPSA) is 45.1 Å². The second-order valence-corrected chi connectivity index (χ2v) is 4.81. The Morgan fingerprint density at radius 2 is 2.22 bits per heavy atom. The molecule has 0 atom stereocenters. The molecule has 2 aromatic rings. The molecule has 0 saturated carbocycles. The zero-order valence-corrected chi connectivity index (χ0v) is 11.5. The highest BCUT2D eigenvalue weighted by molar-refractivity contribution is 9.10. The summed E-state index contributed by atoms with van der Waals surface area (Å²) in [5.74, 6) is -0.976. The van der Waals surface area contributed by atoms with E-state index in [0.717, 1.165) is 5.69 Å². The zero-order chi connectivity index (χ0) is 13.1. The van der Waals surface area contributed by atoms with Gasteiger partial charge in [-0.2, -0.15) is 0 Å². The van der Waals surface area contributed by atoms with E-state index in [-0.39, 0.29) is 5.75 Å². The van der Waals surface area contributed by atoms with E-state index in [1.165, 1.54) is 6.07 Å². The average Bonchev–Trinajstić information content (AvgIpc) is 2.35. The van der Waals surface area contributed by atoms with Gasteiger partial charge in [-0.05, 0) is 28.1 Å². The number of nitrogens with zero attached hydrogens (tertiary/aromatic N) is 1. The molecule has 1 heterocycles. The van der Waals surface area contributed by atoms with Crippen molar-refractivity contribution in [3.05, 3.63) is 51.5 Å². The van der Waals surface area contributed by atoms with Gasteiger partial charge in [-0.15, -0.1) is 0 Å². The van der Waals surface area contributed by atoms with Crippen LogP contribution < -0.4 is 5.32 Å². The lowest BCUT2D eigenvalue weighted by atomic mass is 10.2. The molecule has 94 valence electrons. The minimum Gasteiger partial charge on any atom is -0.505 e. The number of benzene rings is 1. The average molecular weight is 332 g/mol. The summed E-state index contributed by atoms with van der Waals surface area (Å²) in [5.41, 5.74) is 1.19. The second kappa shape index (κ2) is 5.54. The molecule has 0 saturated heterocycles. The molecule has 0 bridgehead atoms. The van der Waals surface area contributed by atoms with E-state index < -0.39 is 5.82 Å². The van der Waals surface area contributed by atoms with Crippen LogP contribution in [-0.4, -0.2) is 10.1 Å². The molecule has 0 amide bonds. The Kier molecular flexibility index (Phi) is 4.04. The number of nitrogens with one attached hydrogen (secondary N) is 1. The van der Waals surface area contributed by atoms with Gasteiger partial charge in [0.15, 0.2) is 11.6 Å². The molecule has 0 aliphatic heterocycles. The number of phenolic OH excluding ortho intramolecular Hbond substituents is 1. The van der Waals surface area contributed by atoms with E-state index in [1.54, 1.807) is 24.4 Å². The molecule has 18 heavy (non-hydrogen) atoms. The third-order valence-corrected chi connectivity index (χ3v) is 3.48. The smallest absolute Gasteiger partial charge is 0.165 e. The fourth-order valence-electron chi connectivity index (χ4n) is 1.42. The van der Waals surface area contributed by atoms with Gasteiger partial charge in [0.2, 0.25) is 0 Å². The van der Waals surface area contributed by atoms with E-state index >= 15 is 0 Å². The number of pyridine rings is 1. The lowest BCUT2D eigenvalue weighted by Gasteiger charge is -2.09. The first kappa shape index (κ1) is 13.1. The Morgan fingerprint density at radius 3 is 2.94 bits per heavy atom. The van der Waals surface area contributed by atoms with Crippen LogP contribution in [0.15, 0.2) is 34.9 Å². The number of rotatable bonds is 3. The molecule has 0 unspecified atom stereocenters. The summed E-state index contributed by atoms with van der Waals surface area (Å²) < 4.78 is 13.8. The molecular formula is C12H9BrClFN2O. The van der Waals surface area contributed by atoms with Crippen LogP contribution in [0.25, 0.3) is 0 Å². The predicted molar refractivity (Wildman–Crippen MR) is 72.3 cm³/mol. The molecule has 0 fully saturated rings. The summed E-state index contributed by atoms with van der Waals surface area (Å²) in [6.45, 7) is 0.291. The van der Waals surface area contributed by atoms with Crippen molar-refractivity contribution in [2.45, 2.75) is 6.54 Å². The van der Waals surface area contributed by atoms with Crippen LogP contribution in [0.2, 0.25) is 5.15 Å². The van der Waals surface area contributed by atoms with Crippen LogP contribution in [0.3, 0.4) is 0 Å². The molecule has 3 nitrogen and oxygen atoms in total. The predicted octanol–water partition coefficient (Wildman–Crippen LogP) is 3.95. The van der Waals surface area contributed by atoms with E-state index in [9.17, 15) is 9.50 Å². The van der Waals surface area contributed by atoms with Crippen molar-refractivity contribution in [2.24, 2.45) is 0 Å². The highest BCUT2D eigenvalue weighted by atomic mass is 79.9. The van der Waals surface area contributed by atoms with Crippen LogP contribution in [0.5, 0.6) is 5.75 Å². The van der Waals surface area contributed by atoms with E-state index in [0.29, 0.717) is 21.7 Å². The summed E-state index contributed by atoms with van der Waals surface area (Å²) in [4.78, 5) is 3.95.